The molecule has 142 valence electrons. The first-order valence-electron chi connectivity index (χ1n) is 9.23. The van der Waals surface area contributed by atoms with Gasteiger partial charge in [0.25, 0.3) is 10.0 Å². The van der Waals surface area contributed by atoms with Gasteiger partial charge in [-0.1, -0.05) is 24.6 Å². The molecule has 1 heterocycles. The van der Waals surface area contributed by atoms with Crippen LogP contribution in [0.3, 0.4) is 0 Å². The second-order valence-corrected chi connectivity index (χ2v) is 9.34. The van der Waals surface area contributed by atoms with Crippen molar-refractivity contribution in [1.82, 2.24) is 9.62 Å². The number of amides is 2. The highest BCUT2D eigenvalue weighted by Crippen LogP contribution is 2.29. The average Bonchev–Trinajstić information content (AvgIpc) is 3.00. The Hall–Kier alpha value is -1.89. The fourth-order valence-electron chi connectivity index (χ4n) is 3.73. The lowest BCUT2D eigenvalue weighted by Crippen LogP contribution is -2.50. The van der Waals surface area contributed by atoms with Gasteiger partial charge in [0.1, 0.15) is 6.04 Å². The lowest BCUT2D eigenvalue weighted by atomic mass is 9.87. The van der Waals surface area contributed by atoms with Crippen LogP contribution in [0.2, 0.25) is 0 Å². The van der Waals surface area contributed by atoms with E-state index in [9.17, 15) is 18.0 Å². The minimum atomic E-state index is -4.03. The van der Waals surface area contributed by atoms with E-state index in [1.807, 2.05) is 6.92 Å². The molecular formula is C19H26N2O4S. The molecule has 2 amide bonds. The summed E-state index contributed by atoms with van der Waals surface area (Å²) < 4.78 is 26.7. The normalized spacial score (nSPS) is 26.8. The van der Waals surface area contributed by atoms with Crippen molar-refractivity contribution in [3.63, 3.8) is 0 Å². The first-order chi connectivity index (χ1) is 12.3. The van der Waals surface area contributed by atoms with Crippen LogP contribution in [0, 0.1) is 12.8 Å². The standard InChI is InChI=1S/C19H26N2O4S/c1-13-3-7-15(8-4-13)20-19(23)17-11-12-18(22)21(17)26(24,25)16-9-5-14(2)6-10-16/h5-6,9-10,13,15,17H,3-4,7-8,11-12H2,1-2H3,(H,20,23)/t13?,15?,17-/m1/s1. The molecule has 0 aromatic heterocycles. The Labute approximate surface area is 155 Å². The predicted octanol–water partition coefficient (Wildman–Crippen LogP) is 2.37. The Morgan fingerprint density at radius 1 is 1.08 bits per heavy atom. The summed E-state index contributed by atoms with van der Waals surface area (Å²) in [6.07, 6.45) is 4.22. The lowest BCUT2D eigenvalue weighted by Gasteiger charge is -2.30. The van der Waals surface area contributed by atoms with E-state index in [0.29, 0.717) is 5.92 Å². The lowest BCUT2D eigenvalue weighted by molar-refractivity contribution is -0.131. The van der Waals surface area contributed by atoms with Crippen molar-refractivity contribution in [2.24, 2.45) is 5.92 Å². The van der Waals surface area contributed by atoms with Crippen molar-refractivity contribution in [2.45, 2.75) is 69.4 Å². The van der Waals surface area contributed by atoms with Gasteiger partial charge < -0.3 is 5.32 Å². The van der Waals surface area contributed by atoms with Crippen LogP contribution >= 0.6 is 0 Å². The Kier molecular flexibility index (Phi) is 5.37. The van der Waals surface area contributed by atoms with Gasteiger partial charge in [-0.25, -0.2) is 12.7 Å². The van der Waals surface area contributed by atoms with E-state index in [4.69, 9.17) is 0 Å². The van der Waals surface area contributed by atoms with Crippen molar-refractivity contribution in [2.75, 3.05) is 0 Å². The van der Waals surface area contributed by atoms with Gasteiger partial charge >= 0.3 is 0 Å². The third-order valence-corrected chi connectivity index (χ3v) is 7.25. The van der Waals surface area contributed by atoms with Crippen molar-refractivity contribution >= 4 is 21.8 Å². The zero-order valence-electron chi connectivity index (χ0n) is 15.3. The third kappa shape index (κ3) is 3.77. The van der Waals surface area contributed by atoms with E-state index in [-0.39, 0.29) is 29.7 Å². The van der Waals surface area contributed by atoms with Crippen LogP contribution in [0.15, 0.2) is 29.2 Å². The van der Waals surface area contributed by atoms with Crippen LogP contribution in [0.5, 0.6) is 0 Å². The molecule has 1 atom stereocenters. The smallest absolute Gasteiger partial charge is 0.267 e. The zero-order chi connectivity index (χ0) is 18.9. The van der Waals surface area contributed by atoms with Crippen molar-refractivity contribution in [1.29, 1.82) is 0 Å². The highest BCUT2D eigenvalue weighted by Gasteiger charge is 2.44. The van der Waals surface area contributed by atoms with Crippen LogP contribution in [-0.4, -0.2) is 36.6 Å². The predicted molar refractivity (Wildman–Crippen MR) is 97.8 cm³/mol. The first kappa shape index (κ1) is 18.9. The summed E-state index contributed by atoms with van der Waals surface area (Å²) in [5.74, 6) is -0.205. The molecule has 1 aromatic rings. The SMILES string of the molecule is Cc1ccc(S(=O)(=O)N2C(=O)CC[C@@H]2C(=O)NC2CCC(C)CC2)cc1. The Morgan fingerprint density at radius 2 is 1.69 bits per heavy atom. The van der Waals surface area contributed by atoms with Crippen molar-refractivity contribution in [3.05, 3.63) is 29.8 Å². The molecule has 1 aliphatic carbocycles. The molecule has 1 saturated carbocycles. The fourth-order valence-corrected chi connectivity index (χ4v) is 5.33. The number of benzene rings is 1. The molecular weight excluding hydrogens is 352 g/mol. The van der Waals surface area contributed by atoms with Crippen LogP contribution in [0.4, 0.5) is 0 Å². The summed E-state index contributed by atoms with van der Waals surface area (Å²) in [6, 6.07) is 5.45. The van der Waals surface area contributed by atoms with Gasteiger partial charge in [-0.2, -0.15) is 0 Å². The average molecular weight is 378 g/mol. The van der Waals surface area contributed by atoms with E-state index in [2.05, 4.69) is 12.2 Å². The molecule has 26 heavy (non-hydrogen) atoms. The van der Waals surface area contributed by atoms with E-state index in [1.54, 1.807) is 12.1 Å². The molecule has 2 fully saturated rings. The topological polar surface area (TPSA) is 83.6 Å². The summed E-state index contributed by atoms with van der Waals surface area (Å²) in [7, 11) is -4.03. The van der Waals surface area contributed by atoms with Gasteiger partial charge in [0.05, 0.1) is 4.90 Å². The van der Waals surface area contributed by atoms with Gasteiger partial charge in [-0.15, -0.1) is 0 Å². The molecule has 0 bridgehead atoms. The summed E-state index contributed by atoms with van der Waals surface area (Å²) >= 11 is 0. The maximum absolute atomic E-state index is 12.9. The quantitative estimate of drug-likeness (QED) is 0.872. The van der Waals surface area contributed by atoms with Gasteiger partial charge in [-0.05, 0) is 57.1 Å². The molecule has 3 rings (SSSR count). The fraction of sp³-hybridized carbons (Fsp3) is 0.579. The van der Waals surface area contributed by atoms with E-state index < -0.39 is 22.0 Å². The Bertz CT molecular complexity index is 780. The number of sulfonamides is 1. The molecule has 7 heteroatoms. The van der Waals surface area contributed by atoms with Crippen LogP contribution in [0.25, 0.3) is 0 Å². The maximum Gasteiger partial charge on any atom is 0.267 e. The summed E-state index contributed by atoms with van der Waals surface area (Å²) in [5, 5.41) is 2.97. The number of hydrogen-bond donors (Lipinski definition) is 1. The van der Waals surface area contributed by atoms with Crippen LogP contribution < -0.4 is 5.32 Å². The molecule has 0 radical (unpaired) electrons. The van der Waals surface area contributed by atoms with Gasteiger partial charge in [0.15, 0.2) is 0 Å². The summed E-state index contributed by atoms with van der Waals surface area (Å²) in [4.78, 5) is 25.0. The monoisotopic (exact) mass is 378 g/mol. The molecule has 1 saturated heterocycles. The third-order valence-electron chi connectivity index (χ3n) is 5.40. The molecule has 1 aromatic carbocycles. The summed E-state index contributed by atoms with van der Waals surface area (Å²) in [5.41, 5.74) is 0.928. The molecule has 0 spiro atoms. The molecule has 0 unspecified atom stereocenters. The number of carbonyl (C=O) groups is 2. The number of nitrogens with zero attached hydrogens (tertiary/aromatic N) is 1. The minimum Gasteiger partial charge on any atom is -0.352 e. The Morgan fingerprint density at radius 3 is 2.31 bits per heavy atom. The molecule has 6 nitrogen and oxygen atoms in total. The van der Waals surface area contributed by atoms with Gasteiger partial charge in [0, 0.05) is 12.5 Å². The van der Waals surface area contributed by atoms with E-state index >= 15 is 0 Å². The maximum atomic E-state index is 12.9. The zero-order valence-corrected chi connectivity index (χ0v) is 16.1. The van der Waals surface area contributed by atoms with Crippen molar-refractivity contribution in [3.8, 4) is 0 Å². The first-order valence-corrected chi connectivity index (χ1v) is 10.7. The minimum absolute atomic E-state index is 0.0441. The van der Waals surface area contributed by atoms with Crippen molar-refractivity contribution < 1.29 is 18.0 Å². The van der Waals surface area contributed by atoms with Gasteiger partial charge in [-0.3, -0.25) is 9.59 Å². The number of aryl methyl sites for hydroxylation is 1. The van der Waals surface area contributed by atoms with E-state index in [0.717, 1.165) is 35.6 Å². The van der Waals surface area contributed by atoms with Crippen LogP contribution in [0.1, 0.15) is 51.0 Å². The molecule has 1 aliphatic heterocycles. The second kappa shape index (κ2) is 7.39. The highest BCUT2D eigenvalue weighted by molar-refractivity contribution is 7.89. The van der Waals surface area contributed by atoms with E-state index in [1.165, 1.54) is 12.1 Å². The largest absolute Gasteiger partial charge is 0.352 e. The van der Waals surface area contributed by atoms with Gasteiger partial charge in [0.2, 0.25) is 11.8 Å². The van der Waals surface area contributed by atoms with Crippen LogP contribution in [-0.2, 0) is 19.6 Å². The number of carbonyl (C=O) groups excluding carboxylic acids is 2. The highest BCUT2D eigenvalue weighted by atomic mass is 32.2. The number of nitrogens with one attached hydrogen (secondary N) is 1. The number of hydrogen-bond acceptors (Lipinski definition) is 4. The molecule has 2 aliphatic rings. The molecule has 1 N–H and O–H groups in total. The summed E-state index contributed by atoms with van der Waals surface area (Å²) in [6.45, 7) is 4.06. The Balaban J connectivity index is 1.77. The second-order valence-electron chi connectivity index (χ2n) is 7.53. The number of rotatable bonds is 4.